The molecule has 4 rings (SSSR count). The average Bonchev–Trinajstić information content (AvgIpc) is 2.83. The highest BCUT2D eigenvalue weighted by Crippen LogP contribution is 2.63. The Hall–Kier alpha value is -0.920. The van der Waals surface area contributed by atoms with Crippen LogP contribution in [0.5, 0.6) is 0 Å². The van der Waals surface area contributed by atoms with Crippen LogP contribution in [0.4, 0.5) is 0 Å². The zero-order valence-electron chi connectivity index (χ0n) is 14.1. The molecular weight excluding hydrogens is 270 g/mol. The van der Waals surface area contributed by atoms with Crippen LogP contribution in [0.2, 0.25) is 0 Å². The van der Waals surface area contributed by atoms with Crippen LogP contribution in [-0.4, -0.2) is 6.04 Å². The predicted octanol–water partition coefficient (Wildman–Crippen LogP) is 5.64. The molecule has 4 aliphatic carbocycles. The number of hydrogen-bond acceptors (Lipinski definition) is 2. The van der Waals surface area contributed by atoms with Crippen LogP contribution in [0.1, 0.15) is 65.2 Å². The number of nitrogens with zero attached hydrogens (tertiary/aromatic N) is 1. The van der Waals surface area contributed by atoms with Crippen LogP contribution in [0.3, 0.4) is 0 Å². The normalized spacial score (nSPS) is 47.7. The van der Waals surface area contributed by atoms with E-state index in [1.165, 1.54) is 50.5 Å². The van der Waals surface area contributed by atoms with Crippen LogP contribution in [0.25, 0.3) is 0 Å². The topological polar surface area (TPSA) is 29.4 Å². The summed E-state index contributed by atoms with van der Waals surface area (Å²) in [5.41, 5.74) is 5.17. The molecule has 2 nitrogen and oxygen atoms in total. The lowest BCUT2D eigenvalue weighted by molar-refractivity contribution is 0.00627. The van der Waals surface area contributed by atoms with Gasteiger partial charge in [-0.05, 0) is 80.5 Å². The van der Waals surface area contributed by atoms with Crippen molar-refractivity contribution in [1.29, 1.82) is 0 Å². The van der Waals surface area contributed by atoms with Crippen LogP contribution in [0, 0.1) is 34.0 Å². The highest BCUT2D eigenvalue weighted by atomic mass is 16.3. The van der Waals surface area contributed by atoms with E-state index >= 15 is 0 Å². The summed E-state index contributed by atoms with van der Waals surface area (Å²) in [5, 5.41) is 3.52. The minimum atomic E-state index is 0.0761. The van der Waals surface area contributed by atoms with Gasteiger partial charge in [0.25, 0.3) is 0 Å². The number of allylic oxidation sites excluding steroid dienone is 3. The maximum Gasteiger partial charge on any atom is 0.0975 e. The third kappa shape index (κ3) is 1.91. The molecule has 0 amide bonds. The molecule has 0 heterocycles. The first-order chi connectivity index (χ1) is 10.5. The lowest BCUT2D eigenvalue weighted by atomic mass is 9.51. The molecule has 0 aromatic carbocycles. The van der Waals surface area contributed by atoms with E-state index in [4.69, 9.17) is 0 Å². The molecule has 120 valence electrons. The van der Waals surface area contributed by atoms with E-state index in [0.29, 0.717) is 0 Å². The van der Waals surface area contributed by atoms with Crippen molar-refractivity contribution in [3.8, 4) is 0 Å². The zero-order chi connectivity index (χ0) is 15.5. The van der Waals surface area contributed by atoms with Crippen molar-refractivity contribution in [3.63, 3.8) is 0 Å². The first-order valence-electron chi connectivity index (χ1n) is 9.24. The van der Waals surface area contributed by atoms with E-state index < -0.39 is 0 Å². The molecule has 0 aliphatic heterocycles. The number of hydrogen-bond donors (Lipinski definition) is 0. The van der Waals surface area contributed by atoms with E-state index in [1.54, 1.807) is 11.1 Å². The molecule has 0 aromatic rings. The average molecular weight is 299 g/mol. The summed E-state index contributed by atoms with van der Waals surface area (Å²) in [6.45, 7) is 9.07. The Balaban J connectivity index is 1.69. The Kier molecular flexibility index (Phi) is 3.36. The van der Waals surface area contributed by atoms with E-state index in [2.05, 4.69) is 25.6 Å². The van der Waals surface area contributed by atoms with Gasteiger partial charge < -0.3 is 0 Å². The Bertz CT molecular complexity index is 548. The predicted molar refractivity (Wildman–Crippen MR) is 90.4 cm³/mol. The van der Waals surface area contributed by atoms with Crippen LogP contribution in [0.15, 0.2) is 28.5 Å². The quantitative estimate of drug-likeness (QED) is 0.455. The minimum Gasteiger partial charge on any atom is -0.150 e. The van der Waals surface area contributed by atoms with E-state index in [1.807, 2.05) is 0 Å². The van der Waals surface area contributed by atoms with Gasteiger partial charge in [0.05, 0.1) is 6.04 Å². The van der Waals surface area contributed by atoms with Crippen LogP contribution < -0.4 is 0 Å². The highest BCUT2D eigenvalue weighted by Gasteiger charge is 2.57. The molecule has 0 radical (unpaired) electrons. The fourth-order valence-corrected chi connectivity index (χ4v) is 6.71. The van der Waals surface area contributed by atoms with Gasteiger partial charge in [-0.15, -0.1) is 0 Å². The Labute approximate surface area is 134 Å². The van der Waals surface area contributed by atoms with E-state index in [-0.39, 0.29) is 11.5 Å². The summed E-state index contributed by atoms with van der Waals surface area (Å²) in [7, 11) is 0. The SMILES string of the molecule is C=C1CCC2=C(C1)C[C@@H](C)[C@@H]1[C@@H]2CC[C@]2(C)C(N=O)CC[C@@H]12. The molecule has 0 spiro atoms. The van der Waals surface area contributed by atoms with Crippen LogP contribution in [-0.2, 0) is 0 Å². The van der Waals surface area contributed by atoms with Crippen molar-refractivity contribution in [2.45, 2.75) is 71.3 Å². The summed E-state index contributed by atoms with van der Waals surface area (Å²) < 4.78 is 0. The van der Waals surface area contributed by atoms with Gasteiger partial charge in [0.1, 0.15) is 0 Å². The Morgan fingerprint density at radius 2 is 2.05 bits per heavy atom. The molecule has 2 saturated carbocycles. The molecule has 1 unspecified atom stereocenters. The highest BCUT2D eigenvalue weighted by molar-refractivity contribution is 5.32. The van der Waals surface area contributed by atoms with Gasteiger partial charge >= 0.3 is 0 Å². The second-order valence-electron chi connectivity index (χ2n) is 8.77. The monoisotopic (exact) mass is 299 g/mol. The van der Waals surface area contributed by atoms with Crippen molar-refractivity contribution in [3.05, 3.63) is 28.2 Å². The molecule has 2 heteroatoms. The third-order valence-corrected chi connectivity index (χ3v) is 7.75. The molecular formula is C20H29NO. The van der Waals surface area contributed by atoms with Gasteiger partial charge in [0, 0.05) is 0 Å². The van der Waals surface area contributed by atoms with Crippen molar-refractivity contribution in [2.75, 3.05) is 0 Å². The Morgan fingerprint density at radius 1 is 1.23 bits per heavy atom. The summed E-state index contributed by atoms with van der Waals surface area (Å²) in [6.07, 6.45) is 9.68. The molecule has 0 saturated heterocycles. The standard InChI is InChI=1S/C20H29NO/c1-12-4-5-15-14(10-12)11-13(2)19-16(15)8-9-20(3)17(19)6-7-18(20)21-22/h13,16-19H,1,4-11H2,2-3H3/t13-,16-,17+,18?,19-,20+/m1/s1. The maximum atomic E-state index is 11.3. The van der Waals surface area contributed by atoms with Gasteiger partial charge in [0.15, 0.2) is 0 Å². The van der Waals surface area contributed by atoms with Gasteiger partial charge in [-0.25, -0.2) is 0 Å². The second-order valence-corrected chi connectivity index (χ2v) is 8.77. The lowest BCUT2D eigenvalue weighted by Crippen LogP contribution is -2.47. The largest absolute Gasteiger partial charge is 0.150 e. The summed E-state index contributed by atoms with van der Waals surface area (Å²) in [5.74, 6) is 3.10. The fourth-order valence-electron chi connectivity index (χ4n) is 6.71. The zero-order valence-corrected chi connectivity index (χ0v) is 14.1. The molecule has 22 heavy (non-hydrogen) atoms. The van der Waals surface area contributed by atoms with E-state index in [0.717, 1.165) is 30.1 Å². The first-order valence-corrected chi connectivity index (χ1v) is 9.24. The third-order valence-electron chi connectivity index (χ3n) is 7.75. The minimum absolute atomic E-state index is 0.0761. The molecule has 4 aliphatic rings. The van der Waals surface area contributed by atoms with Crippen molar-refractivity contribution < 1.29 is 0 Å². The van der Waals surface area contributed by atoms with Gasteiger partial charge in [-0.1, -0.05) is 42.3 Å². The van der Waals surface area contributed by atoms with E-state index in [9.17, 15) is 4.91 Å². The Morgan fingerprint density at radius 3 is 2.82 bits per heavy atom. The maximum absolute atomic E-state index is 11.3. The number of fused-ring (bicyclic) bond motifs is 4. The number of nitroso groups, excluding NO2 is 1. The first kappa shape index (κ1) is 14.7. The molecule has 6 atom stereocenters. The van der Waals surface area contributed by atoms with Crippen molar-refractivity contribution >= 4 is 0 Å². The van der Waals surface area contributed by atoms with Crippen molar-refractivity contribution in [2.24, 2.45) is 34.3 Å². The fraction of sp³-hybridized carbons (Fsp3) is 0.800. The van der Waals surface area contributed by atoms with Crippen molar-refractivity contribution in [1.82, 2.24) is 0 Å². The molecule has 2 fully saturated rings. The molecule has 0 aromatic heterocycles. The summed E-state index contributed by atoms with van der Waals surface area (Å²) in [6, 6.07) is 0.0761. The lowest BCUT2D eigenvalue weighted by Gasteiger charge is -2.53. The second kappa shape index (κ2) is 5.04. The number of rotatable bonds is 1. The smallest absolute Gasteiger partial charge is 0.0975 e. The van der Waals surface area contributed by atoms with Gasteiger partial charge in [-0.2, -0.15) is 4.91 Å². The summed E-state index contributed by atoms with van der Waals surface area (Å²) >= 11 is 0. The van der Waals surface area contributed by atoms with Gasteiger partial charge in [-0.3, -0.25) is 0 Å². The van der Waals surface area contributed by atoms with Gasteiger partial charge in [0.2, 0.25) is 0 Å². The van der Waals surface area contributed by atoms with Crippen LogP contribution >= 0.6 is 0 Å². The molecule has 0 bridgehead atoms. The molecule has 0 N–H and O–H groups in total. The summed E-state index contributed by atoms with van der Waals surface area (Å²) in [4.78, 5) is 11.3.